The van der Waals surface area contributed by atoms with Gasteiger partial charge >= 0.3 is 0 Å². The van der Waals surface area contributed by atoms with Gasteiger partial charge in [0.2, 0.25) is 0 Å². The minimum Gasteiger partial charge on any atom is -0.379 e. The Labute approximate surface area is 109 Å². The fraction of sp³-hybridized carbons (Fsp3) is 0.600. The van der Waals surface area contributed by atoms with Crippen molar-refractivity contribution in [1.82, 2.24) is 5.32 Å². The highest BCUT2D eigenvalue weighted by Gasteiger charge is 2.41. The molecule has 1 saturated carbocycles. The monoisotopic (exact) mass is 246 g/mol. The van der Waals surface area contributed by atoms with Crippen molar-refractivity contribution in [3.8, 4) is 0 Å². The van der Waals surface area contributed by atoms with E-state index in [4.69, 9.17) is 4.74 Å². The molecule has 0 aromatic heterocycles. The maximum Gasteiger partial charge on any atom is 0.0598 e. The third kappa shape index (κ3) is 2.25. The smallest absolute Gasteiger partial charge is 0.0598 e. The van der Waals surface area contributed by atoms with E-state index in [2.05, 4.69) is 48.6 Å². The van der Waals surface area contributed by atoms with E-state index in [-0.39, 0.29) is 5.41 Å². The maximum absolute atomic E-state index is 5.47. The zero-order valence-electron chi connectivity index (χ0n) is 11.3. The minimum atomic E-state index is 0.216. The van der Waals surface area contributed by atoms with Gasteiger partial charge in [-0.15, -0.1) is 0 Å². The van der Waals surface area contributed by atoms with Crippen LogP contribution < -0.4 is 10.2 Å². The molecule has 0 spiro atoms. The number of hydrogen-bond acceptors (Lipinski definition) is 3. The Hall–Kier alpha value is -1.06. The molecule has 98 valence electrons. The quantitative estimate of drug-likeness (QED) is 0.857. The number of nitrogens with one attached hydrogen (secondary N) is 1. The minimum absolute atomic E-state index is 0.216. The first-order valence-electron chi connectivity index (χ1n) is 6.79. The van der Waals surface area contributed by atoms with Crippen molar-refractivity contribution in [1.29, 1.82) is 0 Å². The number of hydrogen-bond donors (Lipinski definition) is 1. The fourth-order valence-corrected chi connectivity index (χ4v) is 2.46. The standard InChI is InChI=1S/C15H22N2O/c1-17(2)14-7-3-12(4-8-14)15(10-18-11-15)9-16-13-5-6-13/h3-4,7-8,13,16H,5-6,9-11H2,1-2H3. The predicted molar refractivity (Wildman–Crippen MR) is 74.3 cm³/mol. The summed E-state index contributed by atoms with van der Waals surface area (Å²) in [4.78, 5) is 2.14. The SMILES string of the molecule is CN(C)c1ccc(C2(CNC3CC3)COC2)cc1. The number of benzene rings is 1. The van der Waals surface area contributed by atoms with Gasteiger partial charge in [0.25, 0.3) is 0 Å². The van der Waals surface area contributed by atoms with E-state index >= 15 is 0 Å². The lowest BCUT2D eigenvalue weighted by Crippen LogP contribution is -2.53. The van der Waals surface area contributed by atoms with Crippen LogP contribution in [0.3, 0.4) is 0 Å². The van der Waals surface area contributed by atoms with Gasteiger partial charge in [-0.1, -0.05) is 12.1 Å². The average molecular weight is 246 g/mol. The molecule has 1 aromatic carbocycles. The highest BCUT2D eigenvalue weighted by atomic mass is 16.5. The van der Waals surface area contributed by atoms with Crippen LogP contribution in [0.25, 0.3) is 0 Å². The second-order valence-electron chi connectivity index (χ2n) is 5.87. The average Bonchev–Trinajstić information content (AvgIpc) is 3.12. The zero-order chi connectivity index (χ0) is 12.6. The van der Waals surface area contributed by atoms with Gasteiger partial charge < -0.3 is 15.0 Å². The summed E-state index contributed by atoms with van der Waals surface area (Å²) in [6.45, 7) is 2.76. The van der Waals surface area contributed by atoms with Gasteiger partial charge in [0.15, 0.2) is 0 Å². The number of ether oxygens (including phenoxy) is 1. The zero-order valence-corrected chi connectivity index (χ0v) is 11.3. The van der Waals surface area contributed by atoms with Crippen LogP contribution in [0, 0.1) is 0 Å². The molecule has 0 bridgehead atoms. The van der Waals surface area contributed by atoms with Crippen LogP contribution in [-0.4, -0.2) is 39.9 Å². The van der Waals surface area contributed by atoms with Gasteiger partial charge in [0.05, 0.1) is 18.6 Å². The van der Waals surface area contributed by atoms with Crippen molar-refractivity contribution in [2.24, 2.45) is 0 Å². The van der Waals surface area contributed by atoms with Crippen LogP contribution >= 0.6 is 0 Å². The normalized spacial score (nSPS) is 21.4. The van der Waals surface area contributed by atoms with Gasteiger partial charge in [-0.05, 0) is 30.5 Å². The van der Waals surface area contributed by atoms with Crippen LogP contribution in [0.1, 0.15) is 18.4 Å². The molecule has 0 amide bonds. The molecule has 0 atom stereocenters. The van der Waals surface area contributed by atoms with E-state index in [1.165, 1.54) is 24.1 Å². The Morgan fingerprint density at radius 3 is 2.33 bits per heavy atom. The van der Waals surface area contributed by atoms with Gasteiger partial charge in [0.1, 0.15) is 0 Å². The molecule has 3 nitrogen and oxygen atoms in total. The molecule has 2 fully saturated rings. The first-order valence-corrected chi connectivity index (χ1v) is 6.79. The van der Waals surface area contributed by atoms with Crippen LogP contribution in [0.5, 0.6) is 0 Å². The van der Waals surface area contributed by atoms with Crippen molar-refractivity contribution in [2.45, 2.75) is 24.3 Å². The summed E-state index contributed by atoms with van der Waals surface area (Å²) in [7, 11) is 4.15. The van der Waals surface area contributed by atoms with Gasteiger partial charge in [-0.25, -0.2) is 0 Å². The molecule has 1 aliphatic heterocycles. The molecule has 2 aliphatic rings. The summed E-state index contributed by atoms with van der Waals surface area (Å²) < 4.78 is 5.47. The third-order valence-corrected chi connectivity index (χ3v) is 4.06. The molecular formula is C15H22N2O. The Kier molecular flexibility index (Phi) is 3.04. The summed E-state index contributed by atoms with van der Waals surface area (Å²) in [5.74, 6) is 0. The Balaban J connectivity index is 1.73. The molecule has 18 heavy (non-hydrogen) atoms. The lowest BCUT2D eigenvalue weighted by Gasteiger charge is -2.42. The van der Waals surface area contributed by atoms with Crippen LogP contribution in [0.15, 0.2) is 24.3 Å². The maximum atomic E-state index is 5.47. The van der Waals surface area contributed by atoms with Crippen LogP contribution in [-0.2, 0) is 10.2 Å². The molecule has 0 unspecified atom stereocenters. The summed E-state index contributed by atoms with van der Waals surface area (Å²) in [5.41, 5.74) is 2.88. The number of nitrogens with zero attached hydrogens (tertiary/aromatic N) is 1. The van der Waals surface area contributed by atoms with Gasteiger partial charge in [-0.3, -0.25) is 0 Å². The molecule has 1 aliphatic carbocycles. The largest absolute Gasteiger partial charge is 0.379 e. The van der Waals surface area contributed by atoms with Gasteiger partial charge in [-0.2, -0.15) is 0 Å². The summed E-state index contributed by atoms with van der Waals surface area (Å²) in [6, 6.07) is 9.68. The lowest BCUT2D eigenvalue weighted by molar-refractivity contribution is -0.0591. The van der Waals surface area contributed by atoms with E-state index in [9.17, 15) is 0 Å². The fourth-order valence-electron chi connectivity index (χ4n) is 2.46. The third-order valence-electron chi connectivity index (χ3n) is 4.06. The summed E-state index contributed by atoms with van der Waals surface area (Å²) in [5, 5.41) is 3.64. The molecule has 1 N–H and O–H groups in total. The van der Waals surface area contributed by atoms with E-state index in [0.29, 0.717) is 0 Å². The molecule has 3 heteroatoms. The van der Waals surface area contributed by atoms with E-state index in [0.717, 1.165) is 25.8 Å². The first kappa shape index (κ1) is 12.0. The first-order chi connectivity index (χ1) is 8.70. The van der Waals surface area contributed by atoms with Crippen molar-refractivity contribution < 1.29 is 4.74 Å². The Morgan fingerprint density at radius 1 is 1.22 bits per heavy atom. The highest BCUT2D eigenvalue weighted by molar-refractivity contribution is 5.47. The van der Waals surface area contributed by atoms with Crippen molar-refractivity contribution in [2.75, 3.05) is 38.8 Å². The predicted octanol–water partition coefficient (Wildman–Crippen LogP) is 1.77. The summed E-state index contributed by atoms with van der Waals surface area (Å²) in [6.07, 6.45) is 2.69. The van der Waals surface area contributed by atoms with Crippen molar-refractivity contribution in [3.05, 3.63) is 29.8 Å². The number of rotatable bonds is 5. The van der Waals surface area contributed by atoms with Crippen LogP contribution in [0.2, 0.25) is 0 Å². The van der Waals surface area contributed by atoms with Gasteiger partial charge in [0, 0.05) is 32.4 Å². The lowest BCUT2D eigenvalue weighted by atomic mass is 9.78. The summed E-state index contributed by atoms with van der Waals surface area (Å²) >= 11 is 0. The van der Waals surface area contributed by atoms with E-state index in [1.807, 2.05) is 0 Å². The molecule has 1 aromatic rings. The van der Waals surface area contributed by atoms with Crippen LogP contribution in [0.4, 0.5) is 5.69 Å². The molecular weight excluding hydrogens is 224 g/mol. The number of anilines is 1. The topological polar surface area (TPSA) is 24.5 Å². The van der Waals surface area contributed by atoms with Crippen molar-refractivity contribution >= 4 is 5.69 Å². The molecule has 3 rings (SSSR count). The molecule has 1 saturated heterocycles. The van der Waals surface area contributed by atoms with Crippen molar-refractivity contribution in [3.63, 3.8) is 0 Å². The molecule has 0 radical (unpaired) electrons. The second kappa shape index (κ2) is 4.56. The molecule has 1 heterocycles. The Morgan fingerprint density at radius 2 is 1.89 bits per heavy atom. The highest BCUT2D eigenvalue weighted by Crippen LogP contribution is 2.33. The van der Waals surface area contributed by atoms with E-state index < -0.39 is 0 Å². The second-order valence-corrected chi connectivity index (χ2v) is 5.87. The Bertz CT molecular complexity index is 405. The van der Waals surface area contributed by atoms with E-state index in [1.54, 1.807) is 0 Å².